The Hall–Kier alpha value is -1.99. The SMILES string of the molecule is O=C(O)C1CC2CCC[C@@H](C1)N2CCc1ccc2c(Cl)c(O[C@H]3CC[C@@H](C(F)(F)F)CC3)ccc2c1. The summed E-state index contributed by atoms with van der Waals surface area (Å²) in [7, 11) is 0. The number of benzene rings is 2. The molecule has 2 aromatic rings. The van der Waals surface area contributed by atoms with Crippen LogP contribution in [0.15, 0.2) is 30.3 Å². The van der Waals surface area contributed by atoms with Gasteiger partial charge in [0.1, 0.15) is 5.75 Å². The number of rotatable bonds is 6. The summed E-state index contributed by atoms with van der Waals surface area (Å²) in [6.07, 6.45) is 2.30. The number of piperidine rings is 2. The summed E-state index contributed by atoms with van der Waals surface area (Å²) >= 11 is 6.66. The largest absolute Gasteiger partial charge is 0.489 e. The topological polar surface area (TPSA) is 49.8 Å². The molecule has 1 aliphatic carbocycles. The van der Waals surface area contributed by atoms with Gasteiger partial charge in [-0.1, -0.05) is 42.3 Å². The molecule has 3 atom stereocenters. The maximum atomic E-state index is 12.9. The molecule has 2 saturated heterocycles. The molecular weight excluding hydrogens is 491 g/mol. The van der Waals surface area contributed by atoms with Crippen molar-refractivity contribution in [3.8, 4) is 5.75 Å². The fourth-order valence-corrected chi connectivity index (χ4v) is 6.84. The van der Waals surface area contributed by atoms with Crippen molar-refractivity contribution >= 4 is 28.3 Å². The second-order valence-electron chi connectivity index (χ2n) is 10.8. The summed E-state index contributed by atoms with van der Waals surface area (Å²) in [5.41, 5.74) is 1.20. The van der Waals surface area contributed by atoms with Crippen molar-refractivity contribution in [2.45, 2.75) is 88.6 Å². The first kappa shape index (κ1) is 25.7. The third-order valence-electron chi connectivity index (χ3n) is 8.55. The average molecular weight is 524 g/mol. The van der Waals surface area contributed by atoms with Crippen molar-refractivity contribution in [1.29, 1.82) is 0 Å². The molecule has 2 aliphatic heterocycles. The molecule has 0 amide bonds. The van der Waals surface area contributed by atoms with Gasteiger partial charge >= 0.3 is 12.1 Å². The lowest BCUT2D eigenvalue weighted by Crippen LogP contribution is -2.53. The van der Waals surface area contributed by atoms with Crippen LogP contribution < -0.4 is 4.74 Å². The first-order valence-corrected chi connectivity index (χ1v) is 13.5. The van der Waals surface area contributed by atoms with Crippen molar-refractivity contribution in [2.75, 3.05) is 6.54 Å². The highest BCUT2D eigenvalue weighted by Crippen LogP contribution is 2.41. The minimum absolute atomic E-state index is 0.0957. The van der Waals surface area contributed by atoms with Gasteiger partial charge in [0, 0.05) is 24.0 Å². The second kappa shape index (κ2) is 10.4. The number of alkyl halides is 3. The molecule has 0 radical (unpaired) electrons. The molecule has 4 nitrogen and oxygen atoms in total. The standard InChI is InChI=1S/C28H33ClF3NO3/c29-26-24-10-4-17(12-13-33-21-2-1-3-22(33)16-19(15-21)27(34)35)14-18(24)5-11-25(26)36-23-8-6-20(7-9-23)28(30,31)32/h4-5,10-11,14,19-23H,1-3,6-9,12-13,15-16H2,(H,34,35)/t19?,20-,21-,22?,23+/m0/s1. The highest BCUT2D eigenvalue weighted by Gasteiger charge is 2.42. The predicted octanol–water partition coefficient (Wildman–Crippen LogP) is 7.25. The Balaban J connectivity index is 1.22. The first-order chi connectivity index (χ1) is 17.2. The zero-order valence-electron chi connectivity index (χ0n) is 20.3. The van der Waals surface area contributed by atoms with Gasteiger partial charge in [0.15, 0.2) is 0 Å². The number of nitrogens with zero attached hydrogens (tertiary/aromatic N) is 1. The molecule has 2 aromatic carbocycles. The van der Waals surface area contributed by atoms with Gasteiger partial charge in [-0.2, -0.15) is 13.2 Å². The van der Waals surface area contributed by atoms with Crippen LogP contribution in [0.25, 0.3) is 10.8 Å². The molecule has 0 aromatic heterocycles. The summed E-state index contributed by atoms with van der Waals surface area (Å²) in [6, 6.07) is 10.7. The van der Waals surface area contributed by atoms with E-state index in [9.17, 15) is 23.1 Å². The molecule has 0 spiro atoms. The van der Waals surface area contributed by atoms with Crippen molar-refractivity contribution in [3.63, 3.8) is 0 Å². The smallest absolute Gasteiger partial charge is 0.391 e. The van der Waals surface area contributed by atoms with Crippen LogP contribution in [-0.4, -0.2) is 46.9 Å². The number of carboxylic acids is 1. The van der Waals surface area contributed by atoms with Crippen molar-refractivity contribution in [1.82, 2.24) is 4.90 Å². The van der Waals surface area contributed by atoms with Gasteiger partial charge in [-0.3, -0.25) is 9.69 Å². The van der Waals surface area contributed by atoms with E-state index in [1.54, 1.807) is 0 Å². The normalized spacial score (nSPS) is 29.3. The number of ether oxygens (including phenoxy) is 1. The van der Waals surface area contributed by atoms with Crippen LogP contribution in [0.2, 0.25) is 5.02 Å². The van der Waals surface area contributed by atoms with Crippen LogP contribution >= 0.6 is 11.6 Å². The van der Waals surface area contributed by atoms with Crippen LogP contribution in [0.3, 0.4) is 0 Å². The Kier molecular flexibility index (Phi) is 7.42. The van der Waals surface area contributed by atoms with Crippen molar-refractivity contribution in [2.24, 2.45) is 11.8 Å². The van der Waals surface area contributed by atoms with Gasteiger partial charge in [0.05, 0.1) is 23.0 Å². The number of fused-ring (bicyclic) bond motifs is 3. The molecule has 36 heavy (non-hydrogen) atoms. The van der Waals surface area contributed by atoms with E-state index in [2.05, 4.69) is 17.0 Å². The van der Waals surface area contributed by atoms with Gasteiger partial charge in [-0.25, -0.2) is 0 Å². The summed E-state index contributed by atoms with van der Waals surface area (Å²) in [5, 5.41) is 11.9. The van der Waals surface area contributed by atoms with Crippen LogP contribution in [0, 0.1) is 11.8 Å². The lowest BCUT2D eigenvalue weighted by molar-refractivity contribution is -0.185. The summed E-state index contributed by atoms with van der Waals surface area (Å²) < 4.78 is 44.9. The fourth-order valence-electron chi connectivity index (χ4n) is 6.56. The Morgan fingerprint density at radius 1 is 1.03 bits per heavy atom. The maximum Gasteiger partial charge on any atom is 0.391 e. The van der Waals surface area contributed by atoms with E-state index in [4.69, 9.17) is 16.3 Å². The monoisotopic (exact) mass is 523 g/mol. The fraction of sp³-hybridized carbons (Fsp3) is 0.607. The summed E-state index contributed by atoms with van der Waals surface area (Å²) in [4.78, 5) is 14.1. The second-order valence-corrected chi connectivity index (χ2v) is 11.2. The highest BCUT2D eigenvalue weighted by atomic mass is 35.5. The zero-order valence-corrected chi connectivity index (χ0v) is 21.0. The van der Waals surface area contributed by atoms with Crippen LogP contribution in [0.5, 0.6) is 5.75 Å². The molecule has 1 N–H and O–H groups in total. The average Bonchev–Trinajstić information content (AvgIpc) is 2.83. The third-order valence-corrected chi connectivity index (χ3v) is 8.94. The lowest BCUT2D eigenvalue weighted by atomic mass is 9.78. The number of hydrogen-bond donors (Lipinski definition) is 1. The van der Waals surface area contributed by atoms with E-state index in [0.717, 1.165) is 49.4 Å². The molecule has 3 fully saturated rings. The van der Waals surface area contributed by atoms with E-state index >= 15 is 0 Å². The van der Waals surface area contributed by atoms with Crippen molar-refractivity contribution in [3.05, 3.63) is 40.9 Å². The van der Waals surface area contributed by atoms with E-state index in [1.807, 2.05) is 18.2 Å². The number of carboxylic acid groups (broad SMARTS) is 1. The molecular formula is C28H33ClF3NO3. The summed E-state index contributed by atoms with van der Waals surface area (Å²) in [5.74, 6) is -1.57. The Bertz CT molecular complexity index is 1090. The van der Waals surface area contributed by atoms with E-state index < -0.39 is 18.1 Å². The highest BCUT2D eigenvalue weighted by molar-refractivity contribution is 6.37. The van der Waals surface area contributed by atoms with Crippen molar-refractivity contribution < 1.29 is 27.8 Å². The molecule has 1 saturated carbocycles. The van der Waals surface area contributed by atoms with Gasteiger partial charge in [0.2, 0.25) is 0 Å². The Labute approximate surface area is 214 Å². The molecule has 2 heterocycles. The molecule has 196 valence electrons. The number of carbonyl (C=O) groups is 1. The lowest BCUT2D eigenvalue weighted by Gasteiger charge is -2.48. The van der Waals surface area contributed by atoms with Crippen LogP contribution in [0.4, 0.5) is 13.2 Å². The zero-order chi connectivity index (χ0) is 25.4. The van der Waals surface area contributed by atoms with E-state index in [0.29, 0.717) is 35.7 Å². The minimum Gasteiger partial charge on any atom is -0.489 e. The number of aliphatic carboxylic acids is 1. The van der Waals surface area contributed by atoms with Gasteiger partial charge in [-0.05, 0) is 74.8 Å². The summed E-state index contributed by atoms with van der Waals surface area (Å²) in [6.45, 7) is 0.919. The van der Waals surface area contributed by atoms with Gasteiger partial charge < -0.3 is 9.84 Å². The number of hydrogen-bond acceptors (Lipinski definition) is 3. The molecule has 3 aliphatic rings. The Morgan fingerprint density at radius 2 is 1.72 bits per heavy atom. The quantitative estimate of drug-likeness (QED) is 0.433. The van der Waals surface area contributed by atoms with Gasteiger partial charge in [-0.15, -0.1) is 0 Å². The molecule has 2 bridgehead atoms. The molecule has 5 rings (SSSR count). The van der Waals surface area contributed by atoms with Crippen LogP contribution in [0.1, 0.15) is 63.4 Å². The first-order valence-electron chi connectivity index (χ1n) is 13.1. The third kappa shape index (κ3) is 5.47. The van der Waals surface area contributed by atoms with E-state index in [1.165, 1.54) is 12.0 Å². The van der Waals surface area contributed by atoms with E-state index in [-0.39, 0.29) is 24.9 Å². The van der Waals surface area contributed by atoms with Crippen LogP contribution in [-0.2, 0) is 11.2 Å². The Morgan fingerprint density at radius 3 is 2.36 bits per heavy atom. The van der Waals surface area contributed by atoms with Gasteiger partial charge in [0.25, 0.3) is 0 Å². The maximum absolute atomic E-state index is 12.9. The predicted molar refractivity (Wildman–Crippen MR) is 134 cm³/mol. The number of halogens is 4. The molecule has 8 heteroatoms. The molecule has 2 unspecified atom stereocenters. The minimum atomic E-state index is -4.13.